The minimum absolute atomic E-state index is 0.0337. The van der Waals surface area contributed by atoms with Gasteiger partial charge in [-0.2, -0.15) is 0 Å². The molecule has 1 rings (SSSR count). The topological polar surface area (TPSA) is 63.6 Å². The van der Waals surface area contributed by atoms with Crippen molar-refractivity contribution < 1.29 is 18.3 Å². The SMILES string of the molecule is CCCS(=O)(=O)CCOc1ccc(C#CCO)c(C)c1. The zero-order chi connectivity index (χ0) is 15.0. The first-order valence-corrected chi connectivity index (χ1v) is 8.34. The van der Waals surface area contributed by atoms with Crippen molar-refractivity contribution in [1.82, 2.24) is 0 Å². The van der Waals surface area contributed by atoms with Crippen LogP contribution >= 0.6 is 0 Å². The number of aliphatic hydroxyl groups excluding tert-OH is 1. The number of benzene rings is 1. The van der Waals surface area contributed by atoms with Gasteiger partial charge in [-0.05, 0) is 37.1 Å². The Kier molecular flexibility index (Phi) is 6.56. The average Bonchev–Trinajstić information content (AvgIpc) is 2.37. The summed E-state index contributed by atoms with van der Waals surface area (Å²) in [5, 5.41) is 8.65. The van der Waals surface area contributed by atoms with E-state index in [2.05, 4.69) is 11.8 Å². The molecule has 0 unspecified atom stereocenters. The fraction of sp³-hybridized carbons (Fsp3) is 0.467. The van der Waals surface area contributed by atoms with Crippen LogP contribution in [-0.4, -0.2) is 38.2 Å². The van der Waals surface area contributed by atoms with E-state index in [1.54, 1.807) is 12.1 Å². The van der Waals surface area contributed by atoms with E-state index in [4.69, 9.17) is 9.84 Å². The molecule has 20 heavy (non-hydrogen) atoms. The molecule has 0 atom stereocenters. The quantitative estimate of drug-likeness (QED) is 0.809. The second kappa shape index (κ2) is 7.93. The van der Waals surface area contributed by atoms with Crippen molar-refractivity contribution in [3.8, 4) is 17.6 Å². The molecule has 0 saturated carbocycles. The molecule has 110 valence electrons. The van der Waals surface area contributed by atoms with Gasteiger partial charge in [-0.1, -0.05) is 18.8 Å². The molecular formula is C15H20O4S. The third-order valence-corrected chi connectivity index (χ3v) is 4.50. The number of aliphatic hydroxyl groups is 1. The summed E-state index contributed by atoms with van der Waals surface area (Å²) in [6.07, 6.45) is 0.625. The molecule has 1 N–H and O–H groups in total. The molecule has 0 heterocycles. The number of aryl methyl sites for hydroxylation is 1. The Hall–Kier alpha value is -1.51. The summed E-state index contributed by atoms with van der Waals surface area (Å²) >= 11 is 0. The predicted molar refractivity (Wildman–Crippen MR) is 79.6 cm³/mol. The highest BCUT2D eigenvalue weighted by atomic mass is 32.2. The van der Waals surface area contributed by atoms with Gasteiger partial charge < -0.3 is 9.84 Å². The lowest BCUT2D eigenvalue weighted by molar-refractivity contribution is 0.340. The lowest BCUT2D eigenvalue weighted by Gasteiger charge is -2.08. The van der Waals surface area contributed by atoms with Gasteiger partial charge in [0.1, 0.15) is 19.0 Å². The van der Waals surface area contributed by atoms with Crippen LogP contribution in [0.4, 0.5) is 0 Å². The van der Waals surface area contributed by atoms with Gasteiger partial charge in [-0.15, -0.1) is 0 Å². The Morgan fingerprint density at radius 2 is 2.05 bits per heavy atom. The molecule has 0 bridgehead atoms. The van der Waals surface area contributed by atoms with Crippen molar-refractivity contribution >= 4 is 9.84 Å². The number of rotatable bonds is 6. The normalized spacial score (nSPS) is 10.8. The molecule has 4 nitrogen and oxygen atoms in total. The summed E-state index contributed by atoms with van der Waals surface area (Å²) in [4.78, 5) is 0. The molecule has 1 aromatic carbocycles. The maximum absolute atomic E-state index is 11.5. The number of hydrogen-bond acceptors (Lipinski definition) is 4. The van der Waals surface area contributed by atoms with Gasteiger partial charge in [-0.3, -0.25) is 0 Å². The summed E-state index contributed by atoms with van der Waals surface area (Å²) in [5.41, 5.74) is 1.75. The zero-order valence-electron chi connectivity index (χ0n) is 11.8. The van der Waals surface area contributed by atoms with Crippen LogP contribution in [0.25, 0.3) is 0 Å². The smallest absolute Gasteiger partial charge is 0.153 e. The van der Waals surface area contributed by atoms with Gasteiger partial charge in [0.15, 0.2) is 9.84 Å². The summed E-state index contributed by atoms with van der Waals surface area (Å²) in [6.45, 7) is 3.71. The highest BCUT2D eigenvalue weighted by Gasteiger charge is 2.09. The molecule has 0 aliphatic carbocycles. The predicted octanol–water partition coefficient (Wildman–Crippen LogP) is 1.54. The second-order valence-corrected chi connectivity index (χ2v) is 6.74. The Balaban J connectivity index is 2.60. The fourth-order valence-electron chi connectivity index (χ4n) is 1.70. The Morgan fingerprint density at radius 1 is 1.30 bits per heavy atom. The van der Waals surface area contributed by atoms with E-state index in [-0.39, 0.29) is 24.7 Å². The first-order chi connectivity index (χ1) is 9.48. The monoisotopic (exact) mass is 296 g/mol. The molecule has 0 saturated heterocycles. The Morgan fingerprint density at radius 3 is 2.65 bits per heavy atom. The molecule has 0 spiro atoms. The lowest BCUT2D eigenvalue weighted by atomic mass is 10.1. The van der Waals surface area contributed by atoms with Crippen LogP contribution in [0.15, 0.2) is 18.2 Å². The van der Waals surface area contributed by atoms with Crippen LogP contribution in [-0.2, 0) is 9.84 Å². The van der Waals surface area contributed by atoms with Crippen LogP contribution in [0.1, 0.15) is 24.5 Å². The fourth-order valence-corrected chi connectivity index (χ4v) is 2.86. The summed E-state index contributed by atoms with van der Waals surface area (Å²) in [5.74, 6) is 6.28. The van der Waals surface area contributed by atoms with Gasteiger partial charge >= 0.3 is 0 Å². The van der Waals surface area contributed by atoms with Crippen LogP contribution < -0.4 is 4.74 Å². The van der Waals surface area contributed by atoms with Crippen molar-refractivity contribution in [2.24, 2.45) is 0 Å². The molecule has 0 fully saturated rings. The van der Waals surface area contributed by atoms with Gasteiger partial charge in [0.05, 0.1) is 11.5 Å². The van der Waals surface area contributed by atoms with Crippen molar-refractivity contribution in [2.45, 2.75) is 20.3 Å². The summed E-state index contributed by atoms with van der Waals surface area (Å²) in [6, 6.07) is 5.36. The maximum atomic E-state index is 11.5. The van der Waals surface area contributed by atoms with Gasteiger partial charge in [0.2, 0.25) is 0 Å². The van der Waals surface area contributed by atoms with Crippen LogP contribution in [0.5, 0.6) is 5.75 Å². The van der Waals surface area contributed by atoms with Crippen molar-refractivity contribution in [3.05, 3.63) is 29.3 Å². The average molecular weight is 296 g/mol. The summed E-state index contributed by atoms with van der Waals surface area (Å²) < 4.78 is 28.5. The van der Waals surface area contributed by atoms with E-state index in [1.807, 2.05) is 19.9 Å². The highest BCUT2D eigenvalue weighted by molar-refractivity contribution is 7.91. The van der Waals surface area contributed by atoms with E-state index in [0.29, 0.717) is 12.2 Å². The van der Waals surface area contributed by atoms with Crippen molar-refractivity contribution in [1.29, 1.82) is 0 Å². The number of hydrogen-bond donors (Lipinski definition) is 1. The Bertz CT molecular complexity index is 594. The maximum Gasteiger partial charge on any atom is 0.153 e. The Labute approximate surface area is 120 Å². The molecular weight excluding hydrogens is 276 g/mol. The van der Waals surface area contributed by atoms with Gasteiger partial charge in [-0.25, -0.2) is 8.42 Å². The van der Waals surface area contributed by atoms with Gasteiger partial charge in [0.25, 0.3) is 0 Å². The molecule has 0 aliphatic heterocycles. The molecule has 0 radical (unpaired) electrons. The molecule has 0 amide bonds. The largest absolute Gasteiger partial charge is 0.493 e. The number of sulfone groups is 1. The van der Waals surface area contributed by atoms with E-state index < -0.39 is 9.84 Å². The molecule has 1 aromatic rings. The van der Waals surface area contributed by atoms with E-state index in [0.717, 1.165) is 11.1 Å². The van der Waals surface area contributed by atoms with Crippen molar-refractivity contribution in [3.63, 3.8) is 0 Å². The molecule has 0 aromatic heterocycles. The lowest BCUT2D eigenvalue weighted by Crippen LogP contribution is -2.16. The molecule has 5 heteroatoms. The standard InChI is InChI=1S/C15H20O4S/c1-3-10-20(17,18)11-9-19-15-7-6-14(5-4-8-16)13(2)12-15/h6-7,12,16H,3,8-11H2,1-2H3. The van der Waals surface area contributed by atoms with E-state index >= 15 is 0 Å². The van der Waals surface area contributed by atoms with Gasteiger partial charge in [0, 0.05) is 5.56 Å². The van der Waals surface area contributed by atoms with Crippen LogP contribution in [0.2, 0.25) is 0 Å². The van der Waals surface area contributed by atoms with Crippen molar-refractivity contribution in [2.75, 3.05) is 24.7 Å². The highest BCUT2D eigenvalue weighted by Crippen LogP contribution is 2.16. The molecule has 0 aliphatic rings. The van der Waals surface area contributed by atoms with E-state index in [1.165, 1.54) is 0 Å². The second-order valence-electron chi connectivity index (χ2n) is 4.44. The zero-order valence-corrected chi connectivity index (χ0v) is 12.7. The minimum Gasteiger partial charge on any atom is -0.493 e. The summed E-state index contributed by atoms with van der Waals surface area (Å²) in [7, 11) is -3.01. The first kappa shape index (κ1) is 16.5. The third-order valence-electron chi connectivity index (χ3n) is 2.68. The van der Waals surface area contributed by atoms with Crippen LogP contribution in [0, 0.1) is 18.8 Å². The van der Waals surface area contributed by atoms with E-state index in [9.17, 15) is 8.42 Å². The third kappa shape index (κ3) is 5.64. The van der Waals surface area contributed by atoms with Crippen LogP contribution in [0.3, 0.4) is 0 Å². The minimum atomic E-state index is -3.01. The number of ether oxygens (including phenoxy) is 1. The first-order valence-electron chi connectivity index (χ1n) is 6.52.